The molecule has 0 bridgehead atoms. The number of hydrogen-bond acceptors (Lipinski definition) is 4. The van der Waals surface area contributed by atoms with Crippen LogP contribution in [0.25, 0.3) is 0 Å². The molecule has 4 nitrogen and oxygen atoms in total. The fourth-order valence-corrected chi connectivity index (χ4v) is 1.83. The highest BCUT2D eigenvalue weighted by atomic mass is 16.5. The summed E-state index contributed by atoms with van der Waals surface area (Å²) in [6, 6.07) is 9.68. The van der Waals surface area contributed by atoms with E-state index in [1.165, 1.54) is 0 Å². The molecule has 19 heavy (non-hydrogen) atoms. The molecule has 0 spiro atoms. The van der Waals surface area contributed by atoms with Gasteiger partial charge in [0.2, 0.25) is 0 Å². The monoisotopic (exact) mass is 256 g/mol. The summed E-state index contributed by atoms with van der Waals surface area (Å²) in [6.45, 7) is 4.39. The van der Waals surface area contributed by atoms with Gasteiger partial charge < -0.3 is 9.26 Å². The Morgan fingerprint density at radius 3 is 2.84 bits per heavy atom. The van der Waals surface area contributed by atoms with Crippen LogP contribution in [-0.4, -0.2) is 11.8 Å². The Morgan fingerprint density at radius 2 is 2.16 bits per heavy atom. The van der Waals surface area contributed by atoms with Gasteiger partial charge in [-0.25, -0.2) is 0 Å². The van der Waals surface area contributed by atoms with Crippen LogP contribution in [0.2, 0.25) is 0 Å². The van der Waals surface area contributed by atoms with Crippen molar-refractivity contribution < 1.29 is 9.26 Å². The van der Waals surface area contributed by atoms with Crippen molar-refractivity contribution in [2.45, 2.75) is 26.7 Å². The molecule has 1 aromatic carbocycles. The summed E-state index contributed by atoms with van der Waals surface area (Å²) >= 11 is 0. The molecular formula is C15H16N2O2. The van der Waals surface area contributed by atoms with Crippen LogP contribution in [0.3, 0.4) is 0 Å². The van der Waals surface area contributed by atoms with E-state index in [-0.39, 0.29) is 0 Å². The summed E-state index contributed by atoms with van der Waals surface area (Å²) in [5.41, 5.74) is 2.57. The molecule has 0 unspecified atom stereocenters. The van der Waals surface area contributed by atoms with Crippen molar-refractivity contribution in [2.75, 3.05) is 6.61 Å². The number of rotatable bonds is 5. The van der Waals surface area contributed by atoms with Crippen LogP contribution < -0.4 is 4.74 Å². The third-order valence-electron chi connectivity index (χ3n) is 2.77. The third kappa shape index (κ3) is 3.59. The van der Waals surface area contributed by atoms with Crippen molar-refractivity contribution in [1.82, 2.24) is 5.16 Å². The van der Waals surface area contributed by atoms with Crippen LogP contribution in [0.1, 0.15) is 29.0 Å². The average molecular weight is 256 g/mol. The number of benzene rings is 1. The average Bonchev–Trinajstić information content (AvgIpc) is 2.81. The number of ether oxygens (including phenoxy) is 1. The minimum Gasteiger partial charge on any atom is -0.492 e. The molecule has 0 aliphatic carbocycles. The quantitative estimate of drug-likeness (QED) is 0.771. The van der Waals surface area contributed by atoms with E-state index in [0.29, 0.717) is 17.9 Å². The maximum absolute atomic E-state index is 9.03. The summed E-state index contributed by atoms with van der Waals surface area (Å²) in [5.74, 6) is 1.46. The van der Waals surface area contributed by atoms with Crippen molar-refractivity contribution in [3.05, 3.63) is 46.8 Å². The van der Waals surface area contributed by atoms with E-state index < -0.39 is 0 Å². The zero-order valence-electron chi connectivity index (χ0n) is 11.1. The van der Waals surface area contributed by atoms with E-state index in [4.69, 9.17) is 14.5 Å². The Labute approximate surface area is 112 Å². The predicted molar refractivity (Wildman–Crippen MR) is 71.0 cm³/mol. The maximum Gasteiger partial charge on any atom is 0.137 e. The largest absolute Gasteiger partial charge is 0.492 e. The van der Waals surface area contributed by atoms with Crippen LogP contribution in [0.15, 0.2) is 28.8 Å². The first kappa shape index (κ1) is 13.2. The highest BCUT2D eigenvalue weighted by Gasteiger charge is 2.04. The van der Waals surface area contributed by atoms with Crippen molar-refractivity contribution in [3.8, 4) is 11.8 Å². The van der Waals surface area contributed by atoms with Gasteiger partial charge in [-0.05, 0) is 44.4 Å². The van der Waals surface area contributed by atoms with Gasteiger partial charge in [-0.2, -0.15) is 5.26 Å². The number of aryl methyl sites for hydroxylation is 3. The van der Waals surface area contributed by atoms with E-state index >= 15 is 0 Å². The molecular weight excluding hydrogens is 240 g/mol. The molecule has 1 heterocycles. The van der Waals surface area contributed by atoms with E-state index in [0.717, 1.165) is 29.9 Å². The zero-order valence-corrected chi connectivity index (χ0v) is 11.1. The standard InChI is InChI=1S/C15H16N2O2/c1-11-5-6-15(13(8-11)10-16)18-7-3-4-14-9-12(2)19-17-14/h5-6,8-9H,3-4,7H2,1-2H3. The molecule has 98 valence electrons. The summed E-state index contributed by atoms with van der Waals surface area (Å²) in [5, 5.41) is 13.0. The summed E-state index contributed by atoms with van der Waals surface area (Å²) in [4.78, 5) is 0. The SMILES string of the molecule is Cc1ccc(OCCCc2cc(C)on2)c(C#N)c1. The van der Waals surface area contributed by atoms with Gasteiger partial charge in [-0.3, -0.25) is 0 Å². The van der Waals surface area contributed by atoms with Crippen molar-refractivity contribution >= 4 is 0 Å². The Morgan fingerprint density at radius 1 is 1.32 bits per heavy atom. The maximum atomic E-state index is 9.03. The van der Waals surface area contributed by atoms with Gasteiger partial charge in [0, 0.05) is 6.07 Å². The molecule has 0 saturated carbocycles. The van der Waals surface area contributed by atoms with Gasteiger partial charge in [0.05, 0.1) is 17.9 Å². The zero-order chi connectivity index (χ0) is 13.7. The minimum absolute atomic E-state index is 0.559. The molecule has 0 aliphatic heterocycles. The summed E-state index contributed by atoms with van der Waals surface area (Å²) in [7, 11) is 0. The van der Waals surface area contributed by atoms with Gasteiger partial charge in [0.25, 0.3) is 0 Å². The van der Waals surface area contributed by atoms with Crippen LogP contribution in [0.4, 0.5) is 0 Å². The van der Waals surface area contributed by atoms with Gasteiger partial charge in [-0.1, -0.05) is 11.2 Å². The lowest BCUT2D eigenvalue weighted by Gasteiger charge is -2.07. The second-order valence-electron chi connectivity index (χ2n) is 4.49. The first-order chi connectivity index (χ1) is 9.19. The van der Waals surface area contributed by atoms with Crippen LogP contribution in [0.5, 0.6) is 5.75 Å². The van der Waals surface area contributed by atoms with Crippen molar-refractivity contribution in [2.24, 2.45) is 0 Å². The van der Waals surface area contributed by atoms with E-state index in [9.17, 15) is 0 Å². The van der Waals surface area contributed by atoms with Gasteiger partial charge >= 0.3 is 0 Å². The van der Waals surface area contributed by atoms with Gasteiger partial charge in [0.1, 0.15) is 17.6 Å². The minimum atomic E-state index is 0.559. The molecule has 0 atom stereocenters. The van der Waals surface area contributed by atoms with Gasteiger partial charge in [-0.15, -0.1) is 0 Å². The van der Waals surface area contributed by atoms with E-state index in [1.54, 1.807) is 0 Å². The lowest BCUT2D eigenvalue weighted by Crippen LogP contribution is -2.01. The molecule has 0 radical (unpaired) electrons. The van der Waals surface area contributed by atoms with Gasteiger partial charge in [0.15, 0.2) is 0 Å². The third-order valence-corrected chi connectivity index (χ3v) is 2.77. The highest BCUT2D eigenvalue weighted by Crippen LogP contribution is 2.19. The second kappa shape index (κ2) is 6.05. The first-order valence-electron chi connectivity index (χ1n) is 6.25. The molecule has 2 rings (SSSR count). The highest BCUT2D eigenvalue weighted by molar-refractivity contribution is 5.45. The second-order valence-corrected chi connectivity index (χ2v) is 4.49. The number of nitriles is 1. The fraction of sp³-hybridized carbons (Fsp3) is 0.333. The molecule has 0 N–H and O–H groups in total. The lowest BCUT2D eigenvalue weighted by molar-refractivity contribution is 0.307. The fourth-order valence-electron chi connectivity index (χ4n) is 1.83. The first-order valence-corrected chi connectivity index (χ1v) is 6.25. The van der Waals surface area contributed by atoms with Crippen LogP contribution in [-0.2, 0) is 6.42 Å². The lowest BCUT2D eigenvalue weighted by atomic mass is 10.1. The van der Waals surface area contributed by atoms with Crippen molar-refractivity contribution in [3.63, 3.8) is 0 Å². The summed E-state index contributed by atoms with van der Waals surface area (Å²) < 4.78 is 10.6. The molecule has 0 fully saturated rings. The molecule has 0 saturated heterocycles. The van der Waals surface area contributed by atoms with Crippen molar-refractivity contribution in [1.29, 1.82) is 5.26 Å². The van der Waals surface area contributed by atoms with E-state index in [1.807, 2.05) is 38.1 Å². The molecule has 0 aliphatic rings. The number of nitrogens with zero attached hydrogens (tertiary/aromatic N) is 2. The number of aromatic nitrogens is 1. The topological polar surface area (TPSA) is 59.1 Å². The smallest absolute Gasteiger partial charge is 0.137 e. The molecule has 4 heteroatoms. The normalized spacial score (nSPS) is 10.2. The Kier molecular flexibility index (Phi) is 4.19. The van der Waals surface area contributed by atoms with E-state index in [2.05, 4.69) is 11.2 Å². The molecule has 0 amide bonds. The predicted octanol–water partition coefficient (Wildman–Crippen LogP) is 3.17. The summed E-state index contributed by atoms with van der Waals surface area (Å²) in [6.07, 6.45) is 1.65. The molecule has 2 aromatic rings. The molecule has 1 aromatic heterocycles. The Hall–Kier alpha value is -2.28. The van der Waals surface area contributed by atoms with Crippen LogP contribution >= 0.6 is 0 Å². The van der Waals surface area contributed by atoms with Crippen LogP contribution in [0, 0.1) is 25.2 Å². The Bertz CT molecular complexity index is 596. The Balaban J connectivity index is 1.84. The number of hydrogen-bond donors (Lipinski definition) is 0.